The highest BCUT2D eigenvalue weighted by atomic mass is 16.5. The summed E-state index contributed by atoms with van der Waals surface area (Å²) in [5, 5.41) is 0. The second kappa shape index (κ2) is 9.69. The minimum absolute atomic E-state index is 0.366. The van der Waals surface area contributed by atoms with Gasteiger partial charge in [0, 0.05) is 11.3 Å². The third-order valence-corrected chi connectivity index (χ3v) is 9.24. The topological polar surface area (TPSA) is 93.2 Å². The van der Waals surface area contributed by atoms with Crippen LogP contribution < -0.4 is 19.3 Å². The molecule has 0 aromatic heterocycles. The Bertz CT molecular complexity index is 1550. The number of ether oxygens (including phenoxy) is 2. The molecule has 1 saturated carbocycles. The Hall–Kier alpha value is -4.72. The molecular weight excluding hydrogens is 532 g/mol. The van der Waals surface area contributed by atoms with Crippen molar-refractivity contribution in [3.63, 3.8) is 0 Å². The van der Waals surface area contributed by atoms with E-state index >= 15 is 0 Å². The maximum absolute atomic E-state index is 14.5. The lowest BCUT2D eigenvalue weighted by molar-refractivity contribution is -0.140. The van der Waals surface area contributed by atoms with E-state index in [4.69, 9.17) is 9.47 Å². The molecule has 8 nitrogen and oxygen atoms in total. The van der Waals surface area contributed by atoms with Crippen molar-refractivity contribution in [2.24, 2.45) is 29.6 Å². The van der Waals surface area contributed by atoms with Gasteiger partial charge in [0.05, 0.1) is 48.3 Å². The lowest BCUT2D eigenvalue weighted by atomic mass is 9.45. The number of rotatable bonds is 7. The van der Waals surface area contributed by atoms with Crippen molar-refractivity contribution < 1.29 is 28.7 Å². The monoisotopic (exact) mass is 562 g/mol. The third-order valence-electron chi connectivity index (χ3n) is 9.24. The Balaban J connectivity index is 1.41. The molecule has 5 aliphatic rings. The van der Waals surface area contributed by atoms with Crippen LogP contribution in [0.1, 0.15) is 19.4 Å². The highest BCUT2D eigenvalue weighted by Crippen LogP contribution is 2.65. The van der Waals surface area contributed by atoms with Gasteiger partial charge in [-0.1, -0.05) is 66.7 Å². The van der Waals surface area contributed by atoms with Gasteiger partial charge in [-0.05, 0) is 43.7 Å². The van der Waals surface area contributed by atoms with Crippen LogP contribution in [0.25, 0.3) is 0 Å². The number of para-hydroxylation sites is 4. The van der Waals surface area contributed by atoms with Gasteiger partial charge < -0.3 is 9.47 Å². The first kappa shape index (κ1) is 26.2. The Morgan fingerprint density at radius 1 is 0.619 bits per heavy atom. The fourth-order valence-corrected chi connectivity index (χ4v) is 7.79. The predicted molar refractivity (Wildman–Crippen MR) is 155 cm³/mol. The fourth-order valence-electron chi connectivity index (χ4n) is 7.79. The lowest BCUT2D eigenvalue weighted by Crippen LogP contribution is -2.60. The van der Waals surface area contributed by atoms with Crippen LogP contribution in [0.3, 0.4) is 0 Å². The molecule has 3 aliphatic carbocycles. The van der Waals surface area contributed by atoms with E-state index in [1.165, 1.54) is 9.80 Å². The van der Waals surface area contributed by atoms with Gasteiger partial charge in [-0.3, -0.25) is 19.2 Å². The zero-order valence-corrected chi connectivity index (χ0v) is 23.3. The standard InChI is InChI=1S/C34H30N2O6/c1-3-41-24-16-10-8-14-22(24)35-30(37)26-21-18-19-34(28(26)32(35)39,20-12-6-5-7-13-20)29-27(21)31(38)36(33(29)40)23-15-9-11-17-25(23)42-4-2/h5-19,21,26-29H,3-4H2,1-2H3/t21?,26-,27-,28-,29-,34?/m1/s1. The van der Waals surface area contributed by atoms with Crippen LogP contribution in [0.2, 0.25) is 0 Å². The third kappa shape index (κ3) is 3.35. The molecule has 2 bridgehead atoms. The Kier molecular flexibility index (Phi) is 6.04. The highest BCUT2D eigenvalue weighted by molar-refractivity contribution is 6.27. The number of carbonyl (C=O) groups is 4. The summed E-state index contributed by atoms with van der Waals surface area (Å²) in [5.41, 5.74) is 0.282. The van der Waals surface area contributed by atoms with Crippen molar-refractivity contribution in [1.29, 1.82) is 0 Å². The highest BCUT2D eigenvalue weighted by Gasteiger charge is 2.75. The van der Waals surface area contributed by atoms with E-state index in [9.17, 15) is 19.2 Å². The van der Waals surface area contributed by atoms with Crippen LogP contribution in [-0.2, 0) is 24.6 Å². The van der Waals surface area contributed by atoms with Gasteiger partial charge in [0.1, 0.15) is 11.5 Å². The number of allylic oxidation sites excluding steroid dienone is 2. The molecule has 0 radical (unpaired) electrons. The maximum Gasteiger partial charge on any atom is 0.239 e. The number of nitrogens with zero attached hydrogens (tertiary/aromatic N) is 2. The first-order chi connectivity index (χ1) is 20.5. The summed E-state index contributed by atoms with van der Waals surface area (Å²) in [7, 11) is 0. The van der Waals surface area contributed by atoms with Crippen LogP contribution in [0.15, 0.2) is 91.0 Å². The number of hydrogen-bond donors (Lipinski definition) is 0. The number of benzene rings is 3. The Morgan fingerprint density at radius 3 is 1.55 bits per heavy atom. The number of imide groups is 2. The van der Waals surface area contributed by atoms with Crippen LogP contribution in [0.4, 0.5) is 11.4 Å². The SMILES string of the molecule is CCOc1ccccc1N1C(=O)[C@@H]2C3C=CC(c4ccccc4)([C@H]2C1=O)[C@H]1C(=O)N(c2ccccc2OCC)C(=O)[C@H]31. The van der Waals surface area contributed by atoms with Crippen molar-refractivity contribution in [1.82, 2.24) is 0 Å². The van der Waals surface area contributed by atoms with Gasteiger partial charge in [-0.15, -0.1) is 0 Å². The van der Waals surface area contributed by atoms with E-state index in [-0.39, 0.29) is 23.6 Å². The second-order valence-corrected chi connectivity index (χ2v) is 11.1. The zero-order valence-electron chi connectivity index (χ0n) is 23.3. The van der Waals surface area contributed by atoms with Crippen molar-refractivity contribution >= 4 is 35.0 Å². The first-order valence-electron chi connectivity index (χ1n) is 14.4. The molecule has 4 atom stereocenters. The van der Waals surface area contributed by atoms with Gasteiger partial charge in [0.25, 0.3) is 0 Å². The number of hydrogen-bond acceptors (Lipinski definition) is 6. The van der Waals surface area contributed by atoms with E-state index in [0.29, 0.717) is 36.1 Å². The molecule has 4 amide bonds. The van der Waals surface area contributed by atoms with Crippen molar-refractivity contribution in [3.05, 3.63) is 96.6 Å². The molecule has 3 aromatic carbocycles. The molecule has 0 spiro atoms. The summed E-state index contributed by atoms with van der Waals surface area (Å²) in [4.78, 5) is 60.1. The predicted octanol–water partition coefficient (Wildman–Crippen LogP) is 4.53. The van der Waals surface area contributed by atoms with Gasteiger partial charge in [-0.25, -0.2) is 9.80 Å². The van der Waals surface area contributed by atoms with E-state index in [2.05, 4.69) is 0 Å². The molecule has 2 saturated heterocycles. The summed E-state index contributed by atoms with van der Waals surface area (Å²) >= 11 is 0. The molecule has 3 aromatic rings. The summed E-state index contributed by atoms with van der Waals surface area (Å²) in [5.74, 6) is -4.63. The summed E-state index contributed by atoms with van der Waals surface area (Å²) in [6.07, 6.45) is 3.81. The largest absolute Gasteiger partial charge is 0.492 e. The Morgan fingerprint density at radius 2 is 1.07 bits per heavy atom. The van der Waals surface area contributed by atoms with Gasteiger partial charge in [-0.2, -0.15) is 0 Å². The van der Waals surface area contributed by atoms with Gasteiger partial charge in [0.15, 0.2) is 0 Å². The molecule has 0 unspecified atom stereocenters. The minimum Gasteiger partial charge on any atom is -0.492 e. The summed E-state index contributed by atoms with van der Waals surface area (Å²) in [6.45, 7) is 4.41. The van der Waals surface area contributed by atoms with Crippen molar-refractivity contribution in [3.8, 4) is 11.5 Å². The van der Waals surface area contributed by atoms with Crippen LogP contribution in [0, 0.1) is 29.6 Å². The number of carbonyl (C=O) groups excluding carboxylic acids is 4. The molecule has 8 rings (SSSR count). The van der Waals surface area contributed by atoms with E-state index in [1.807, 2.05) is 56.3 Å². The molecule has 2 heterocycles. The van der Waals surface area contributed by atoms with Gasteiger partial charge >= 0.3 is 0 Å². The zero-order chi connectivity index (χ0) is 29.2. The van der Waals surface area contributed by atoms with Crippen LogP contribution >= 0.6 is 0 Å². The van der Waals surface area contributed by atoms with Crippen molar-refractivity contribution in [2.75, 3.05) is 23.0 Å². The lowest BCUT2D eigenvalue weighted by Gasteiger charge is -2.53. The Labute approximate surface area is 243 Å². The van der Waals surface area contributed by atoms with E-state index in [1.54, 1.807) is 48.5 Å². The van der Waals surface area contributed by atoms with E-state index < -0.39 is 35.0 Å². The van der Waals surface area contributed by atoms with Crippen molar-refractivity contribution in [2.45, 2.75) is 19.3 Å². The number of anilines is 2. The summed E-state index contributed by atoms with van der Waals surface area (Å²) in [6, 6.07) is 23.3. The normalized spacial score (nSPS) is 29.2. The molecule has 0 N–H and O–H groups in total. The second-order valence-electron chi connectivity index (χ2n) is 11.1. The average Bonchev–Trinajstić information content (AvgIpc) is 3.45. The fraction of sp³-hybridized carbons (Fsp3) is 0.294. The first-order valence-corrected chi connectivity index (χ1v) is 14.4. The number of amides is 4. The maximum atomic E-state index is 14.5. The van der Waals surface area contributed by atoms with Crippen LogP contribution in [-0.4, -0.2) is 36.8 Å². The molecule has 212 valence electrons. The molecule has 42 heavy (non-hydrogen) atoms. The smallest absolute Gasteiger partial charge is 0.239 e. The molecular formula is C34H30N2O6. The van der Waals surface area contributed by atoms with Gasteiger partial charge in [0.2, 0.25) is 23.6 Å². The van der Waals surface area contributed by atoms with Crippen LogP contribution in [0.5, 0.6) is 11.5 Å². The quantitative estimate of drug-likeness (QED) is 0.310. The minimum atomic E-state index is -1.20. The van der Waals surface area contributed by atoms with E-state index in [0.717, 1.165) is 5.56 Å². The molecule has 3 fully saturated rings. The molecule has 2 aliphatic heterocycles. The average molecular weight is 563 g/mol. The summed E-state index contributed by atoms with van der Waals surface area (Å²) < 4.78 is 11.6. The molecule has 8 heteroatoms.